The van der Waals surface area contributed by atoms with Crippen molar-refractivity contribution in [2.24, 2.45) is 9.98 Å². The molecule has 0 radical (unpaired) electrons. The Hall–Kier alpha value is -2.77. The third kappa shape index (κ3) is 2.12. The van der Waals surface area contributed by atoms with E-state index in [1.807, 2.05) is 0 Å². The number of carbonyl (C=O) groups is 1. The van der Waals surface area contributed by atoms with Crippen molar-refractivity contribution >= 4 is 5.91 Å². The largest absolute Gasteiger partial charge is 0.480 e. The van der Waals surface area contributed by atoms with E-state index in [4.69, 9.17) is 4.74 Å². The van der Waals surface area contributed by atoms with Gasteiger partial charge in [-0.25, -0.2) is 19.9 Å². The first-order chi connectivity index (χ1) is 10.8. The highest BCUT2D eigenvalue weighted by atomic mass is 16.5. The van der Waals surface area contributed by atoms with Crippen LogP contribution in [0.15, 0.2) is 22.5 Å². The maximum Gasteiger partial charge on any atom is 0.269 e. The molecule has 4 rings (SSSR count). The lowest BCUT2D eigenvalue weighted by atomic mass is 10.1. The molecule has 0 N–H and O–H groups in total. The number of amides is 1. The van der Waals surface area contributed by atoms with Crippen LogP contribution in [0.1, 0.15) is 24.5 Å². The van der Waals surface area contributed by atoms with Crippen LogP contribution in [0.2, 0.25) is 0 Å². The number of hydrogen-bond acceptors (Lipinski definition) is 7. The van der Waals surface area contributed by atoms with Crippen LogP contribution in [0.3, 0.4) is 0 Å². The number of fused-ring (bicyclic) bond motifs is 1. The van der Waals surface area contributed by atoms with Crippen LogP contribution in [-0.2, 0) is 4.79 Å². The molecule has 0 saturated heterocycles. The van der Waals surface area contributed by atoms with E-state index in [0.29, 0.717) is 28.5 Å². The van der Waals surface area contributed by atoms with Gasteiger partial charge in [-0.2, -0.15) is 4.99 Å². The third-order valence-corrected chi connectivity index (χ3v) is 3.59. The van der Waals surface area contributed by atoms with Crippen molar-refractivity contribution in [2.75, 3.05) is 13.7 Å². The van der Waals surface area contributed by atoms with Crippen molar-refractivity contribution < 1.29 is 9.53 Å². The van der Waals surface area contributed by atoms with Crippen molar-refractivity contribution in [3.63, 3.8) is 0 Å². The molecule has 2 aliphatic rings. The topological polar surface area (TPSA) is 103 Å². The fourth-order valence-electron chi connectivity index (χ4n) is 2.40. The minimum absolute atomic E-state index is 0.0425. The van der Waals surface area contributed by atoms with Crippen LogP contribution in [0.5, 0.6) is 5.88 Å². The fourth-order valence-corrected chi connectivity index (χ4v) is 2.40. The molecule has 110 valence electrons. The van der Waals surface area contributed by atoms with E-state index in [2.05, 4.69) is 29.9 Å². The molecule has 0 atom stereocenters. The summed E-state index contributed by atoms with van der Waals surface area (Å²) in [5, 5.41) is 0.520. The Kier molecular flexibility index (Phi) is 2.88. The molecule has 1 saturated carbocycles. The van der Waals surface area contributed by atoms with Crippen molar-refractivity contribution in [1.82, 2.24) is 19.9 Å². The molecule has 1 fully saturated rings. The number of hydrogen-bond donors (Lipinski definition) is 0. The van der Waals surface area contributed by atoms with E-state index in [9.17, 15) is 4.79 Å². The summed E-state index contributed by atoms with van der Waals surface area (Å²) in [7, 11) is 1.55. The molecule has 22 heavy (non-hydrogen) atoms. The average molecular weight is 296 g/mol. The average Bonchev–Trinajstić information content (AvgIpc) is 3.38. The van der Waals surface area contributed by atoms with Gasteiger partial charge in [0, 0.05) is 5.92 Å². The maximum atomic E-state index is 11.4. The van der Waals surface area contributed by atoms with Gasteiger partial charge in [-0.3, -0.25) is 9.79 Å². The molecule has 8 nitrogen and oxygen atoms in total. The lowest BCUT2D eigenvalue weighted by Gasteiger charge is -2.10. The number of methoxy groups -OCH3 is 1. The molecule has 0 aromatic carbocycles. The highest BCUT2D eigenvalue weighted by molar-refractivity contribution is 5.79. The van der Waals surface area contributed by atoms with Gasteiger partial charge >= 0.3 is 0 Å². The molecular weight excluding hydrogens is 284 g/mol. The first-order valence-electron chi connectivity index (χ1n) is 6.94. The van der Waals surface area contributed by atoms with Crippen molar-refractivity contribution in [3.8, 4) is 17.3 Å². The highest BCUT2D eigenvalue weighted by Gasteiger charge is 2.31. The monoisotopic (exact) mass is 296 g/mol. The van der Waals surface area contributed by atoms with Gasteiger partial charge in [0.2, 0.25) is 5.88 Å². The molecule has 1 aliphatic carbocycles. The summed E-state index contributed by atoms with van der Waals surface area (Å²) in [5.41, 5.74) is 1.84. The van der Waals surface area contributed by atoms with Gasteiger partial charge in [0.15, 0.2) is 11.3 Å². The first-order valence-corrected chi connectivity index (χ1v) is 6.94. The van der Waals surface area contributed by atoms with Gasteiger partial charge in [0.1, 0.15) is 23.8 Å². The summed E-state index contributed by atoms with van der Waals surface area (Å²) in [6.45, 7) is 0.0425. The summed E-state index contributed by atoms with van der Waals surface area (Å²) in [5.74, 6) is 0.910. The fraction of sp³-hybridized carbons (Fsp3) is 0.357. The quantitative estimate of drug-likeness (QED) is 0.763. The molecule has 0 spiro atoms. The molecule has 0 unspecified atom stereocenters. The lowest BCUT2D eigenvalue weighted by Crippen LogP contribution is -2.35. The minimum atomic E-state index is -0.309. The Morgan fingerprint density at radius 2 is 2.09 bits per heavy atom. The maximum absolute atomic E-state index is 11.4. The van der Waals surface area contributed by atoms with Crippen LogP contribution in [0, 0.1) is 0 Å². The smallest absolute Gasteiger partial charge is 0.269 e. The van der Waals surface area contributed by atoms with Gasteiger partial charge in [-0.05, 0) is 12.8 Å². The predicted molar refractivity (Wildman–Crippen MR) is 73.8 cm³/mol. The van der Waals surface area contributed by atoms with Gasteiger partial charge < -0.3 is 4.74 Å². The zero-order chi connectivity index (χ0) is 15.1. The highest BCUT2D eigenvalue weighted by Crippen LogP contribution is 2.44. The summed E-state index contributed by atoms with van der Waals surface area (Å²) in [6, 6.07) is 0. The Labute approximate surface area is 125 Å². The van der Waals surface area contributed by atoms with Gasteiger partial charge in [-0.1, -0.05) is 0 Å². The summed E-state index contributed by atoms with van der Waals surface area (Å²) in [6.07, 6.45) is 5.21. The second-order valence-electron chi connectivity index (χ2n) is 5.14. The van der Waals surface area contributed by atoms with E-state index in [1.165, 1.54) is 6.33 Å². The predicted octanol–water partition coefficient (Wildman–Crippen LogP) is -0.401. The van der Waals surface area contributed by atoms with Gasteiger partial charge in [-0.15, -0.1) is 0 Å². The second-order valence-corrected chi connectivity index (χ2v) is 5.14. The number of carbonyl (C=O) groups excluding carboxylic acids is 1. The molecule has 2 aromatic heterocycles. The Bertz CT molecular complexity index is 891. The van der Waals surface area contributed by atoms with Crippen molar-refractivity contribution in [1.29, 1.82) is 0 Å². The van der Waals surface area contributed by atoms with E-state index in [0.717, 1.165) is 18.5 Å². The Morgan fingerprint density at radius 3 is 2.86 bits per heavy atom. The number of nitrogens with zero attached hydrogens (tertiary/aromatic N) is 6. The van der Waals surface area contributed by atoms with Crippen molar-refractivity contribution in [2.45, 2.75) is 18.8 Å². The van der Waals surface area contributed by atoms with Gasteiger partial charge in [0.25, 0.3) is 5.91 Å². The normalized spacial score (nSPS) is 16.5. The van der Waals surface area contributed by atoms with Crippen LogP contribution in [0.25, 0.3) is 11.4 Å². The van der Waals surface area contributed by atoms with Crippen molar-refractivity contribution in [3.05, 3.63) is 29.1 Å². The number of ether oxygens (including phenoxy) is 1. The van der Waals surface area contributed by atoms with Crippen LogP contribution in [-0.4, -0.2) is 39.5 Å². The third-order valence-electron chi connectivity index (χ3n) is 3.59. The standard InChI is InChI=1S/C14H12N6O2/c1-22-14-10(11(7-2-3-7)17-6-18-14)13-16-4-8-12(20-13)19-9(21)5-15-8/h4,6-7H,2-3,5H2,1H3. The van der Waals surface area contributed by atoms with E-state index >= 15 is 0 Å². The summed E-state index contributed by atoms with van der Waals surface area (Å²) in [4.78, 5) is 36.6. The van der Waals surface area contributed by atoms with Crippen LogP contribution < -0.4 is 15.6 Å². The Balaban J connectivity index is 1.95. The van der Waals surface area contributed by atoms with E-state index in [-0.39, 0.29) is 17.9 Å². The molecule has 3 heterocycles. The number of rotatable bonds is 3. The zero-order valence-electron chi connectivity index (χ0n) is 11.9. The summed E-state index contributed by atoms with van der Waals surface area (Å²) >= 11 is 0. The number of aromatic nitrogens is 4. The van der Waals surface area contributed by atoms with E-state index < -0.39 is 0 Å². The summed E-state index contributed by atoms with van der Waals surface area (Å²) < 4.78 is 5.33. The molecule has 1 amide bonds. The van der Waals surface area contributed by atoms with Gasteiger partial charge in [0.05, 0.1) is 19.0 Å². The van der Waals surface area contributed by atoms with E-state index in [1.54, 1.807) is 13.3 Å². The molecule has 0 bridgehead atoms. The molecular formula is C14H12N6O2. The first kappa shape index (κ1) is 12.9. The molecule has 2 aromatic rings. The lowest BCUT2D eigenvalue weighted by molar-refractivity contribution is -0.116. The minimum Gasteiger partial charge on any atom is -0.480 e. The Morgan fingerprint density at radius 1 is 1.23 bits per heavy atom. The van der Waals surface area contributed by atoms with Crippen LogP contribution >= 0.6 is 0 Å². The van der Waals surface area contributed by atoms with Crippen LogP contribution in [0.4, 0.5) is 0 Å². The molecule has 1 aliphatic heterocycles. The second kappa shape index (κ2) is 4.90. The zero-order valence-corrected chi connectivity index (χ0v) is 11.9. The SMILES string of the molecule is COc1ncnc(C2CC2)c1-c1ncc2c(n1)=NC(=O)CN=2. The molecule has 8 heteroatoms.